The summed E-state index contributed by atoms with van der Waals surface area (Å²) in [5.74, 6) is 0. The van der Waals surface area contributed by atoms with Crippen molar-refractivity contribution in [2.45, 2.75) is 57.3 Å². The smallest absolute Gasteiger partial charge is 0.317 e. The first-order valence-electron chi connectivity index (χ1n) is 9.60. The van der Waals surface area contributed by atoms with Crippen molar-refractivity contribution < 1.29 is 14.3 Å². The summed E-state index contributed by atoms with van der Waals surface area (Å²) in [6.45, 7) is 3.43. The van der Waals surface area contributed by atoms with Crippen LogP contribution < -0.4 is 5.32 Å². The lowest BCUT2D eigenvalue weighted by atomic mass is 10.1. The summed E-state index contributed by atoms with van der Waals surface area (Å²) in [5, 5.41) is 3.17. The summed E-state index contributed by atoms with van der Waals surface area (Å²) >= 11 is 0. The Hall–Kier alpha value is -1.59. The second-order valence-electron chi connectivity index (χ2n) is 7.03. The topological polar surface area (TPSA) is 50.8 Å². The third-order valence-corrected chi connectivity index (χ3v) is 5.10. The van der Waals surface area contributed by atoms with Gasteiger partial charge in [-0.25, -0.2) is 4.79 Å². The van der Waals surface area contributed by atoms with Gasteiger partial charge in [0.25, 0.3) is 0 Å². The van der Waals surface area contributed by atoms with Crippen LogP contribution in [-0.4, -0.2) is 49.4 Å². The molecule has 1 saturated carbocycles. The number of carbonyl (C=O) groups is 1. The molecule has 25 heavy (non-hydrogen) atoms. The highest BCUT2D eigenvalue weighted by Gasteiger charge is 2.25. The van der Waals surface area contributed by atoms with Gasteiger partial charge in [0.2, 0.25) is 0 Å². The fourth-order valence-corrected chi connectivity index (χ4v) is 3.60. The molecule has 5 nitrogen and oxygen atoms in total. The van der Waals surface area contributed by atoms with Gasteiger partial charge in [-0.1, -0.05) is 43.2 Å². The Kier molecular flexibility index (Phi) is 7.12. The van der Waals surface area contributed by atoms with Crippen LogP contribution in [0.4, 0.5) is 4.79 Å². The highest BCUT2D eigenvalue weighted by molar-refractivity contribution is 5.74. The number of urea groups is 1. The third-order valence-electron chi connectivity index (χ3n) is 5.10. The first-order chi connectivity index (χ1) is 12.3. The molecular formula is C20H30N2O3. The summed E-state index contributed by atoms with van der Waals surface area (Å²) in [5.41, 5.74) is 1.18. The third kappa shape index (κ3) is 6.01. The average molecular weight is 346 g/mol. The Morgan fingerprint density at radius 1 is 1.04 bits per heavy atom. The Labute approximate surface area is 150 Å². The molecule has 3 rings (SSSR count). The highest BCUT2D eigenvalue weighted by atomic mass is 16.5. The van der Waals surface area contributed by atoms with E-state index >= 15 is 0 Å². The van der Waals surface area contributed by atoms with E-state index in [1.165, 1.54) is 18.4 Å². The Balaban J connectivity index is 1.24. The monoisotopic (exact) mass is 346 g/mol. The van der Waals surface area contributed by atoms with Crippen LogP contribution >= 0.6 is 0 Å². The van der Waals surface area contributed by atoms with E-state index in [9.17, 15) is 4.79 Å². The number of hydrogen-bond acceptors (Lipinski definition) is 3. The maximum Gasteiger partial charge on any atom is 0.317 e. The largest absolute Gasteiger partial charge is 0.376 e. The molecule has 1 heterocycles. The van der Waals surface area contributed by atoms with Crippen LogP contribution in [0, 0.1) is 0 Å². The van der Waals surface area contributed by atoms with E-state index < -0.39 is 0 Å². The Bertz CT molecular complexity index is 509. The van der Waals surface area contributed by atoms with Crippen LogP contribution in [0.2, 0.25) is 0 Å². The SMILES string of the molecule is O=C(NC1CCCC1)N1CCC(OCCOCc2ccccc2)CC1. The van der Waals surface area contributed by atoms with E-state index in [0.29, 0.717) is 25.9 Å². The Morgan fingerprint density at radius 2 is 1.76 bits per heavy atom. The molecule has 1 N–H and O–H groups in total. The molecule has 1 saturated heterocycles. The van der Waals surface area contributed by atoms with Gasteiger partial charge in [-0.2, -0.15) is 0 Å². The summed E-state index contributed by atoms with van der Waals surface area (Å²) in [4.78, 5) is 14.2. The van der Waals surface area contributed by atoms with E-state index in [1.807, 2.05) is 23.1 Å². The van der Waals surface area contributed by atoms with Crippen molar-refractivity contribution in [3.8, 4) is 0 Å². The van der Waals surface area contributed by atoms with Crippen molar-refractivity contribution in [1.29, 1.82) is 0 Å². The van der Waals surface area contributed by atoms with Crippen LogP contribution in [0.5, 0.6) is 0 Å². The van der Waals surface area contributed by atoms with E-state index in [-0.39, 0.29) is 12.1 Å². The lowest BCUT2D eigenvalue weighted by Crippen LogP contribution is -2.48. The molecule has 1 aliphatic heterocycles. The van der Waals surface area contributed by atoms with Crippen molar-refractivity contribution >= 4 is 6.03 Å². The molecule has 0 aromatic heterocycles. The summed E-state index contributed by atoms with van der Waals surface area (Å²) in [6, 6.07) is 10.7. The van der Waals surface area contributed by atoms with Crippen molar-refractivity contribution in [3.05, 3.63) is 35.9 Å². The van der Waals surface area contributed by atoms with Gasteiger partial charge in [-0.05, 0) is 31.2 Å². The minimum absolute atomic E-state index is 0.108. The van der Waals surface area contributed by atoms with Gasteiger partial charge in [0, 0.05) is 19.1 Å². The lowest BCUT2D eigenvalue weighted by molar-refractivity contribution is -0.0209. The fourth-order valence-electron chi connectivity index (χ4n) is 3.60. The number of hydrogen-bond donors (Lipinski definition) is 1. The first-order valence-corrected chi connectivity index (χ1v) is 9.60. The zero-order valence-corrected chi connectivity index (χ0v) is 15.0. The number of carbonyl (C=O) groups excluding carboxylic acids is 1. The van der Waals surface area contributed by atoms with Gasteiger partial charge in [-0.3, -0.25) is 0 Å². The van der Waals surface area contributed by atoms with Crippen molar-refractivity contribution in [3.63, 3.8) is 0 Å². The number of piperidine rings is 1. The minimum atomic E-state index is 0.108. The molecule has 138 valence electrons. The molecule has 0 unspecified atom stereocenters. The fraction of sp³-hybridized carbons (Fsp3) is 0.650. The molecule has 1 aliphatic carbocycles. The number of nitrogens with one attached hydrogen (secondary N) is 1. The predicted molar refractivity (Wildman–Crippen MR) is 97.4 cm³/mol. The normalized spacial score (nSPS) is 19.3. The van der Waals surface area contributed by atoms with E-state index in [4.69, 9.17) is 9.47 Å². The molecule has 2 fully saturated rings. The van der Waals surface area contributed by atoms with Crippen LogP contribution in [0.15, 0.2) is 30.3 Å². The van der Waals surface area contributed by atoms with Gasteiger partial charge < -0.3 is 19.7 Å². The molecule has 1 aromatic rings. The minimum Gasteiger partial charge on any atom is -0.376 e. The number of likely N-dealkylation sites (tertiary alicyclic amines) is 1. The summed E-state index contributed by atoms with van der Waals surface area (Å²) in [6.07, 6.45) is 6.83. The van der Waals surface area contributed by atoms with Crippen molar-refractivity contribution in [2.24, 2.45) is 0 Å². The van der Waals surface area contributed by atoms with E-state index in [2.05, 4.69) is 17.4 Å². The average Bonchev–Trinajstić information content (AvgIpc) is 3.16. The van der Waals surface area contributed by atoms with Crippen molar-refractivity contribution in [1.82, 2.24) is 10.2 Å². The number of nitrogens with zero attached hydrogens (tertiary/aromatic N) is 1. The predicted octanol–water partition coefficient (Wildman–Crippen LogP) is 3.34. The Morgan fingerprint density at radius 3 is 2.48 bits per heavy atom. The van der Waals surface area contributed by atoms with Crippen LogP contribution in [0.25, 0.3) is 0 Å². The molecule has 0 spiro atoms. The maximum absolute atomic E-state index is 12.2. The van der Waals surface area contributed by atoms with Gasteiger partial charge in [-0.15, -0.1) is 0 Å². The number of rotatable bonds is 7. The van der Waals surface area contributed by atoms with Crippen molar-refractivity contribution in [2.75, 3.05) is 26.3 Å². The first kappa shape index (κ1) is 18.2. The molecule has 0 radical (unpaired) electrons. The number of amides is 2. The highest BCUT2D eigenvalue weighted by Crippen LogP contribution is 2.19. The number of benzene rings is 1. The molecule has 0 bridgehead atoms. The molecule has 1 aromatic carbocycles. The van der Waals surface area contributed by atoms with Gasteiger partial charge in [0.15, 0.2) is 0 Å². The number of ether oxygens (including phenoxy) is 2. The van der Waals surface area contributed by atoms with Gasteiger partial charge in [0.05, 0.1) is 25.9 Å². The summed E-state index contributed by atoms with van der Waals surface area (Å²) < 4.78 is 11.5. The second-order valence-corrected chi connectivity index (χ2v) is 7.03. The molecule has 2 amide bonds. The summed E-state index contributed by atoms with van der Waals surface area (Å²) in [7, 11) is 0. The van der Waals surface area contributed by atoms with E-state index in [1.54, 1.807) is 0 Å². The van der Waals surface area contributed by atoms with Crippen LogP contribution in [0.1, 0.15) is 44.1 Å². The second kappa shape index (κ2) is 9.78. The molecule has 2 aliphatic rings. The van der Waals surface area contributed by atoms with Gasteiger partial charge in [0.1, 0.15) is 0 Å². The van der Waals surface area contributed by atoms with Gasteiger partial charge >= 0.3 is 6.03 Å². The van der Waals surface area contributed by atoms with Crippen LogP contribution in [0.3, 0.4) is 0 Å². The molecular weight excluding hydrogens is 316 g/mol. The molecule has 5 heteroatoms. The maximum atomic E-state index is 12.2. The lowest BCUT2D eigenvalue weighted by Gasteiger charge is -2.32. The zero-order chi connectivity index (χ0) is 17.3. The zero-order valence-electron chi connectivity index (χ0n) is 15.0. The molecule has 0 atom stereocenters. The van der Waals surface area contributed by atoms with E-state index in [0.717, 1.165) is 38.8 Å². The standard InChI is InChI=1S/C20H30N2O3/c23-20(21-18-8-4-5-9-18)22-12-10-19(11-13-22)25-15-14-24-16-17-6-2-1-3-7-17/h1-3,6-7,18-19H,4-5,8-16H2,(H,21,23). The van der Waals surface area contributed by atoms with Crippen LogP contribution in [-0.2, 0) is 16.1 Å². The quantitative estimate of drug-likeness (QED) is 0.771.